The van der Waals surface area contributed by atoms with Crippen molar-refractivity contribution in [3.8, 4) is 5.75 Å². The van der Waals surface area contributed by atoms with Crippen LogP contribution in [0.25, 0.3) is 0 Å². The third-order valence-corrected chi connectivity index (χ3v) is 3.57. The Morgan fingerprint density at radius 1 is 1.50 bits per heavy atom. The van der Waals surface area contributed by atoms with Crippen molar-refractivity contribution in [3.05, 3.63) is 21.3 Å². The van der Waals surface area contributed by atoms with E-state index in [1.54, 1.807) is 0 Å². The van der Waals surface area contributed by atoms with E-state index in [9.17, 15) is 5.11 Å². The molecular weight excluding hydrogens is 291 g/mol. The quantitative estimate of drug-likeness (QED) is 0.422. The van der Waals surface area contributed by atoms with Crippen molar-refractivity contribution < 1.29 is 5.11 Å². The van der Waals surface area contributed by atoms with Crippen molar-refractivity contribution in [1.29, 1.82) is 0 Å². The number of hydrogen-bond donors (Lipinski definition) is 3. The highest BCUT2D eigenvalue weighted by Crippen LogP contribution is 2.36. The van der Waals surface area contributed by atoms with Crippen molar-refractivity contribution in [3.63, 3.8) is 0 Å². The summed E-state index contributed by atoms with van der Waals surface area (Å²) in [4.78, 5) is 0. The Balaban J connectivity index is 2.38. The van der Waals surface area contributed by atoms with Gasteiger partial charge in [-0.2, -0.15) is 0 Å². The molecular formula is C10H13IN2O. The Hall–Kier alpha value is -0.490. The third-order valence-electron chi connectivity index (χ3n) is 2.63. The summed E-state index contributed by atoms with van der Waals surface area (Å²) in [5.41, 5.74) is 7.19. The summed E-state index contributed by atoms with van der Waals surface area (Å²) in [6.45, 7) is 1.02. The van der Waals surface area contributed by atoms with Gasteiger partial charge in [-0.05, 0) is 48.0 Å². The molecule has 1 unspecified atom stereocenters. The van der Waals surface area contributed by atoms with Gasteiger partial charge in [-0.15, -0.1) is 0 Å². The summed E-state index contributed by atoms with van der Waals surface area (Å²) in [6, 6.07) is 4.18. The van der Waals surface area contributed by atoms with Crippen LogP contribution in [0.2, 0.25) is 0 Å². The molecule has 1 aliphatic heterocycles. The van der Waals surface area contributed by atoms with E-state index in [4.69, 9.17) is 5.73 Å². The highest BCUT2D eigenvalue weighted by atomic mass is 127. The largest absolute Gasteiger partial charge is 0.505 e. The van der Waals surface area contributed by atoms with E-state index in [0.29, 0.717) is 5.69 Å². The lowest BCUT2D eigenvalue weighted by Gasteiger charge is -2.14. The molecule has 1 heterocycles. The van der Waals surface area contributed by atoms with Gasteiger partial charge in [0.05, 0.1) is 5.69 Å². The molecule has 0 spiro atoms. The van der Waals surface area contributed by atoms with E-state index in [-0.39, 0.29) is 11.8 Å². The molecule has 2 rings (SSSR count). The lowest BCUT2D eigenvalue weighted by atomic mass is 10.0. The van der Waals surface area contributed by atoms with E-state index < -0.39 is 0 Å². The zero-order valence-corrected chi connectivity index (χ0v) is 9.91. The summed E-state index contributed by atoms with van der Waals surface area (Å²) in [6.07, 6.45) is 2.24. The number of nitrogens with two attached hydrogens (primary N) is 1. The highest BCUT2D eigenvalue weighted by molar-refractivity contribution is 14.1. The number of nitrogens with one attached hydrogen (secondary N) is 1. The summed E-state index contributed by atoms with van der Waals surface area (Å²) in [7, 11) is 0. The first kappa shape index (κ1) is 10.0. The average Bonchev–Trinajstić information content (AvgIpc) is 2.67. The number of phenolic OH excluding ortho intramolecular Hbond substituents is 1. The van der Waals surface area contributed by atoms with E-state index >= 15 is 0 Å². The normalized spacial score (nSPS) is 21.4. The lowest BCUT2D eigenvalue weighted by molar-refractivity contribution is 0.459. The SMILES string of the molecule is Nc1c(I)ccc(C2CCCN2)c1O. The molecule has 1 atom stereocenters. The second kappa shape index (κ2) is 3.94. The van der Waals surface area contributed by atoms with Crippen molar-refractivity contribution in [2.45, 2.75) is 18.9 Å². The smallest absolute Gasteiger partial charge is 0.144 e. The van der Waals surface area contributed by atoms with E-state index in [2.05, 4.69) is 27.9 Å². The molecule has 14 heavy (non-hydrogen) atoms. The zero-order chi connectivity index (χ0) is 10.1. The molecule has 1 saturated heterocycles. The van der Waals surface area contributed by atoms with Crippen LogP contribution in [-0.2, 0) is 0 Å². The van der Waals surface area contributed by atoms with Gasteiger partial charge in [0.15, 0.2) is 0 Å². The molecule has 1 fully saturated rings. The minimum absolute atomic E-state index is 0.247. The molecule has 0 radical (unpaired) electrons. The van der Waals surface area contributed by atoms with E-state index in [1.165, 1.54) is 0 Å². The topological polar surface area (TPSA) is 58.3 Å². The first-order valence-electron chi connectivity index (χ1n) is 4.70. The maximum Gasteiger partial charge on any atom is 0.144 e. The van der Waals surface area contributed by atoms with Crippen molar-refractivity contribution in [2.24, 2.45) is 0 Å². The molecule has 4 heteroatoms. The van der Waals surface area contributed by atoms with Gasteiger partial charge in [-0.1, -0.05) is 6.07 Å². The van der Waals surface area contributed by atoms with Crippen LogP contribution in [-0.4, -0.2) is 11.7 Å². The fraction of sp³-hybridized carbons (Fsp3) is 0.400. The van der Waals surface area contributed by atoms with Gasteiger partial charge < -0.3 is 16.2 Å². The molecule has 1 aromatic carbocycles. The number of halogens is 1. The average molecular weight is 304 g/mol. The fourth-order valence-corrected chi connectivity index (χ4v) is 2.27. The summed E-state index contributed by atoms with van der Waals surface area (Å²) in [5, 5.41) is 13.2. The molecule has 0 saturated carbocycles. The molecule has 1 aromatic rings. The molecule has 3 nitrogen and oxygen atoms in total. The highest BCUT2D eigenvalue weighted by Gasteiger charge is 2.20. The van der Waals surface area contributed by atoms with Gasteiger partial charge in [0.1, 0.15) is 5.75 Å². The van der Waals surface area contributed by atoms with Crippen LogP contribution in [0.1, 0.15) is 24.4 Å². The van der Waals surface area contributed by atoms with Gasteiger partial charge in [-0.3, -0.25) is 0 Å². The summed E-state index contributed by atoms with van der Waals surface area (Å²) < 4.78 is 0.904. The number of hydrogen-bond acceptors (Lipinski definition) is 3. The maximum absolute atomic E-state index is 9.87. The predicted octanol–water partition coefficient (Wildman–Crippen LogP) is 2.00. The standard InChI is InChI=1S/C10H13IN2O/c11-7-4-3-6(10(14)9(7)12)8-2-1-5-13-8/h3-4,8,13-14H,1-2,5,12H2. The van der Waals surface area contributed by atoms with Crippen LogP contribution < -0.4 is 11.1 Å². The van der Waals surface area contributed by atoms with Gasteiger partial charge >= 0.3 is 0 Å². The van der Waals surface area contributed by atoms with Gasteiger partial charge in [0.2, 0.25) is 0 Å². The van der Waals surface area contributed by atoms with Crippen molar-refractivity contribution in [1.82, 2.24) is 5.32 Å². The summed E-state index contributed by atoms with van der Waals surface area (Å²) >= 11 is 2.12. The number of nitrogen functional groups attached to an aromatic ring is 1. The molecule has 0 bridgehead atoms. The van der Waals surface area contributed by atoms with E-state index in [0.717, 1.165) is 28.5 Å². The predicted molar refractivity (Wildman–Crippen MR) is 65.2 cm³/mol. The maximum atomic E-state index is 9.87. The van der Waals surface area contributed by atoms with Gasteiger partial charge in [0, 0.05) is 15.2 Å². The van der Waals surface area contributed by atoms with Crippen LogP contribution in [0.3, 0.4) is 0 Å². The number of anilines is 1. The van der Waals surface area contributed by atoms with Crippen LogP contribution in [0, 0.1) is 3.57 Å². The zero-order valence-electron chi connectivity index (χ0n) is 7.76. The van der Waals surface area contributed by atoms with Crippen molar-refractivity contribution in [2.75, 3.05) is 12.3 Å². The molecule has 0 aliphatic carbocycles. The Morgan fingerprint density at radius 2 is 2.29 bits per heavy atom. The second-order valence-corrected chi connectivity index (χ2v) is 4.71. The number of phenols is 1. The molecule has 4 N–H and O–H groups in total. The lowest BCUT2D eigenvalue weighted by Crippen LogP contribution is -2.13. The third kappa shape index (κ3) is 1.68. The Bertz CT molecular complexity index is 348. The number of aromatic hydroxyl groups is 1. The van der Waals surface area contributed by atoms with E-state index in [1.807, 2.05) is 12.1 Å². The second-order valence-electron chi connectivity index (χ2n) is 3.55. The Morgan fingerprint density at radius 3 is 2.93 bits per heavy atom. The minimum Gasteiger partial charge on any atom is -0.505 e. The Labute approximate surface area is 96.8 Å². The molecule has 0 aromatic heterocycles. The fourth-order valence-electron chi connectivity index (χ4n) is 1.83. The van der Waals surface area contributed by atoms with Crippen LogP contribution in [0.15, 0.2) is 12.1 Å². The Kier molecular flexibility index (Phi) is 2.83. The van der Waals surface area contributed by atoms with Crippen LogP contribution >= 0.6 is 22.6 Å². The van der Waals surface area contributed by atoms with Crippen LogP contribution in [0.4, 0.5) is 5.69 Å². The molecule has 0 amide bonds. The first-order valence-corrected chi connectivity index (χ1v) is 5.78. The first-order chi connectivity index (χ1) is 6.70. The van der Waals surface area contributed by atoms with Gasteiger partial charge in [0.25, 0.3) is 0 Å². The van der Waals surface area contributed by atoms with Crippen molar-refractivity contribution >= 4 is 28.3 Å². The molecule has 1 aliphatic rings. The monoisotopic (exact) mass is 304 g/mol. The number of benzene rings is 1. The van der Waals surface area contributed by atoms with Gasteiger partial charge in [-0.25, -0.2) is 0 Å². The van der Waals surface area contributed by atoms with Crippen LogP contribution in [0.5, 0.6) is 5.75 Å². The number of rotatable bonds is 1. The minimum atomic E-state index is 0.247. The summed E-state index contributed by atoms with van der Waals surface area (Å²) in [5.74, 6) is 0.247. The molecule has 76 valence electrons.